The molecule has 2 aromatic carbocycles. The van der Waals surface area contributed by atoms with Gasteiger partial charge in [-0.05, 0) is 49.2 Å². The van der Waals surface area contributed by atoms with Crippen LogP contribution in [0.2, 0.25) is 0 Å². The Kier molecular flexibility index (Phi) is 5.68. The summed E-state index contributed by atoms with van der Waals surface area (Å²) < 4.78 is 20.6. The SMILES string of the molecule is COC(=O)c1ccc(/C=C2\Oc3cc(OC(C)C(=O)OC)cc(C)c3C2=O)cc1. The predicted molar refractivity (Wildman–Crippen MR) is 104 cm³/mol. The van der Waals surface area contributed by atoms with Crippen LogP contribution in [0.4, 0.5) is 0 Å². The second kappa shape index (κ2) is 8.18. The molecule has 0 amide bonds. The first-order chi connectivity index (χ1) is 13.8. The van der Waals surface area contributed by atoms with Gasteiger partial charge in [0.25, 0.3) is 0 Å². The molecule has 150 valence electrons. The monoisotopic (exact) mass is 396 g/mol. The number of carbonyl (C=O) groups excluding carboxylic acids is 3. The van der Waals surface area contributed by atoms with Gasteiger partial charge in [0.1, 0.15) is 11.5 Å². The maximum Gasteiger partial charge on any atom is 0.346 e. The predicted octanol–water partition coefficient (Wildman–Crippen LogP) is 3.34. The summed E-state index contributed by atoms with van der Waals surface area (Å²) in [5.74, 6) is -0.269. The Morgan fingerprint density at radius 1 is 1.07 bits per heavy atom. The summed E-state index contributed by atoms with van der Waals surface area (Å²) in [5, 5.41) is 0. The molecular formula is C22H20O7. The lowest BCUT2D eigenvalue weighted by Gasteiger charge is -2.13. The first-order valence-corrected chi connectivity index (χ1v) is 8.85. The number of carbonyl (C=O) groups is 3. The van der Waals surface area contributed by atoms with Gasteiger partial charge in [0.15, 0.2) is 11.9 Å². The second-order valence-electron chi connectivity index (χ2n) is 6.45. The molecule has 0 spiro atoms. The maximum atomic E-state index is 12.7. The van der Waals surface area contributed by atoms with E-state index < -0.39 is 18.0 Å². The van der Waals surface area contributed by atoms with E-state index in [9.17, 15) is 14.4 Å². The zero-order valence-corrected chi connectivity index (χ0v) is 16.5. The second-order valence-corrected chi connectivity index (χ2v) is 6.45. The lowest BCUT2D eigenvalue weighted by Crippen LogP contribution is -2.24. The van der Waals surface area contributed by atoms with E-state index in [0.717, 1.165) is 0 Å². The number of fused-ring (bicyclic) bond motifs is 1. The zero-order chi connectivity index (χ0) is 21.1. The number of Topliss-reactive ketones (excluding diaryl/α,β-unsaturated/α-hetero) is 1. The largest absolute Gasteiger partial charge is 0.479 e. The van der Waals surface area contributed by atoms with Crippen LogP contribution in [0.3, 0.4) is 0 Å². The topological polar surface area (TPSA) is 88.1 Å². The number of ketones is 1. The van der Waals surface area contributed by atoms with Gasteiger partial charge in [0.2, 0.25) is 5.78 Å². The highest BCUT2D eigenvalue weighted by Gasteiger charge is 2.30. The Morgan fingerprint density at radius 2 is 1.76 bits per heavy atom. The van der Waals surface area contributed by atoms with E-state index in [1.807, 2.05) is 0 Å². The van der Waals surface area contributed by atoms with Crippen molar-refractivity contribution in [3.8, 4) is 11.5 Å². The number of benzene rings is 2. The molecule has 0 fully saturated rings. The highest BCUT2D eigenvalue weighted by atomic mass is 16.6. The highest BCUT2D eigenvalue weighted by Crippen LogP contribution is 2.37. The Hall–Kier alpha value is -3.61. The van der Waals surface area contributed by atoms with Crippen LogP contribution < -0.4 is 9.47 Å². The molecule has 0 aliphatic carbocycles. The molecule has 0 N–H and O–H groups in total. The minimum Gasteiger partial charge on any atom is -0.479 e. The summed E-state index contributed by atoms with van der Waals surface area (Å²) in [5.41, 5.74) is 2.22. The van der Waals surface area contributed by atoms with Crippen LogP contribution in [-0.4, -0.2) is 38.0 Å². The van der Waals surface area contributed by atoms with Crippen molar-refractivity contribution in [2.45, 2.75) is 20.0 Å². The average Bonchev–Trinajstić information content (AvgIpc) is 3.02. The number of allylic oxidation sites excluding steroid dienone is 1. The van der Waals surface area contributed by atoms with Gasteiger partial charge in [-0.15, -0.1) is 0 Å². The first-order valence-electron chi connectivity index (χ1n) is 8.85. The summed E-state index contributed by atoms with van der Waals surface area (Å²) >= 11 is 0. The summed E-state index contributed by atoms with van der Waals surface area (Å²) in [6.07, 6.45) is 0.804. The average molecular weight is 396 g/mol. The molecule has 0 saturated carbocycles. The molecule has 3 rings (SSSR count). The van der Waals surface area contributed by atoms with Crippen molar-refractivity contribution in [1.29, 1.82) is 0 Å². The fourth-order valence-electron chi connectivity index (χ4n) is 2.95. The van der Waals surface area contributed by atoms with Crippen molar-refractivity contribution >= 4 is 23.8 Å². The Morgan fingerprint density at radius 3 is 2.38 bits per heavy atom. The van der Waals surface area contributed by atoms with E-state index in [4.69, 9.17) is 9.47 Å². The number of ether oxygens (including phenoxy) is 4. The number of hydrogen-bond donors (Lipinski definition) is 0. The van der Waals surface area contributed by atoms with Crippen LogP contribution in [0.1, 0.15) is 38.8 Å². The van der Waals surface area contributed by atoms with E-state index >= 15 is 0 Å². The molecule has 7 nitrogen and oxygen atoms in total. The lowest BCUT2D eigenvalue weighted by atomic mass is 10.0. The number of hydrogen-bond acceptors (Lipinski definition) is 7. The van der Waals surface area contributed by atoms with E-state index in [2.05, 4.69) is 9.47 Å². The first kappa shape index (κ1) is 20.1. The molecule has 1 atom stereocenters. The Bertz CT molecular complexity index is 1000. The van der Waals surface area contributed by atoms with E-state index in [0.29, 0.717) is 33.8 Å². The van der Waals surface area contributed by atoms with Gasteiger partial charge < -0.3 is 18.9 Å². The molecule has 7 heteroatoms. The van der Waals surface area contributed by atoms with Crippen LogP contribution in [-0.2, 0) is 14.3 Å². The number of methoxy groups -OCH3 is 2. The van der Waals surface area contributed by atoms with Crippen molar-refractivity contribution in [1.82, 2.24) is 0 Å². The molecule has 1 heterocycles. The van der Waals surface area contributed by atoms with Crippen molar-refractivity contribution < 1.29 is 33.3 Å². The Balaban J connectivity index is 1.84. The molecule has 2 aromatic rings. The molecular weight excluding hydrogens is 376 g/mol. The van der Waals surface area contributed by atoms with Gasteiger partial charge >= 0.3 is 11.9 Å². The quantitative estimate of drug-likeness (QED) is 0.566. The van der Waals surface area contributed by atoms with Crippen molar-refractivity contribution in [3.63, 3.8) is 0 Å². The lowest BCUT2D eigenvalue weighted by molar-refractivity contribution is -0.147. The minimum atomic E-state index is -0.794. The minimum absolute atomic E-state index is 0.159. The van der Waals surface area contributed by atoms with Crippen molar-refractivity contribution in [3.05, 3.63) is 64.4 Å². The van der Waals surface area contributed by atoms with Crippen LogP contribution in [0.25, 0.3) is 6.08 Å². The van der Waals surface area contributed by atoms with E-state index in [1.165, 1.54) is 14.2 Å². The third kappa shape index (κ3) is 4.13. The van der Waals surface area contributed by atoms with Crippen LogP contribution in [0.5, 0.6) is 11.5 Å². The van der Waals surface area contributed by atoms with E-state index in [1.54, 1.807) is 56.3 Å². The number of rotatable bonds is 5. The normalized spacial score (nSPS) is 14.8. The number of aryl methyl sites for hydroxylation is 1. The van der Waals surface area contributed by atoms with Gasteiger partial charge in [0, 0.05) is 6.07 Å². The third-order valence-electron chi connectivity index (χ3n) is 4.42. The molecule has 29 heavy (non-hydrogen) atoms. The molecule has 1 aliphatic heterocycles. The smallest absolute Gasteiger partial charge is 0.346 e. The fraction of sp³-hybridized carbons (Fsp3) is 0.227. The molecule has 1 unspecified atom stereocenters. The number of esters is 2. The van der Waals surface area contributed by atoms with Gasteiger partial charge in [-0.25, -0.2) is 9.59 Å². The summed E-state index contributed by atoms with van der Waals surface area (Å²) in [6, 6.07) is 9.84. The van der Waals surface area contributed by atoms with E-state index in [-0.39, 0.29) is 11.5 Å². The molecule has 0 bridgehead atoms. The van der Waals surface area contributed by atoms with Gasteiger partial charge in [-0.3, -0.25) is 4.79 Å². The molecule has 1 aliphatic rings. The standard InChI is InChI=1S/C22H20O7/c1-12-9-16(28-13(2)21(24)26-3)11-17-19(12)20(23)18(29-17)10-14-5-7-15(8-6-14)22(25)27-4/h5-11,13H,1-4H3/b18-10-. The fourth-order valence-corrected chi connectivity index (χ4v) is 2.95. The van der Waals surface area contributed by atoms with Gasteiger partial charge in [0.05, 0.1) is 25.3 Å². The van der Waals surface area contributed by atoms with Gasteiger partial charge in [-0.2, -0.15) is 0 Å². The molecule has 0 aromatic heterocycles. The van der Waals surface area contributed by atoms with Crippen LogP contribution in [0.15, 0.2) is 42.2 Å². The van der Waals surface area contributed by atoms with Gasteiger partial charge in [-0.1, -0.05) is 12.1 Å². The molecule has 0 saturated heterocycles. The molecule has 0 radical (unpaired) electrons. The van der Waals surface area contributed by atoms with Crippen molar-refractivity contribution in [2.75, 3.05) is 14.2 Å². The summed E-state index contributed by atoms with van der Waals surface area (Å²) in [4.78, 5) is 35.8. The maximum absolute atomic E-state index is 12.7. The van der Waals surface area contributed by atoms with Crippen molar-refractivity contribution in [2.24, 2.45) is 0 Å². The van der Waals surface area contributed by atoms with Crippen LogP contribution in [0, 0.1) is 6.92 Å². The third-order valence-corrected chi connectivity index (χ3v) is 4.42. The highest BCUT2D eigenvalue weighted by molar-refractivity contribution is 6.15. The summed E-state index contributed by atoms with van der Waals surface area (Å²) in [6.45, 7) is 3.34. The Labute approximate surface area is 167 Å². The van der Waals surface area contributed by atoms with Crippen LogP contribution >= 0.6 is 0 Å². The zero-order valence-electron chi connectivity index (χ0n) is 16.5. The summed E-state index contributed by atoms with van der Waals surface area (Å²) in [7, 11) is 2.60.